The van der Waals surface area contributed by atoms with E-state index in [0.29, 0.717) is 42.1 Å². The van der Waals surface area contributed by atoms with Crippen LogP contribution < -0.4 is 9.47 Å². The van der Waals surface area contributed by atoms with Gasteiger partial charge in [0.2, 0.25) is 0 Å². The van der Waals surface area contributed by atoms with E-state index in [4.69, 9.17) is 42.1 Å². The van der Waals surface area contributed by atoms with Crippen molar-refractivity contribution in [3.63, 3.8) is 0 Å². The van der Waals surface area contributed by atoms with Crippen molar-refractivity contribution in [2.24, 2.45) is 0 Å². The summed E-state index contributed by atoms with van der Waals surface area (Å²) < 4.78 is 22.1. The van der Waals surface area contributed by atoms with Gasteiger partial charge in [-0.25, -0.2) is 0 Å². The molecule has 1 fully saturated rings. The Kier molecular flexibility index (Phi) is 8.00. The highest BCUT2D eigenvalue weighted by Gasteiger charge is 2.25. The maximum absolute atomic E-state index is 12.5. The predicted molar refractivity (Wildman–Crippen MR) is 111 cm³/mol. The first-order chi connectivity index (χ1) is 14.1. The summed E-state index contributed by atoms with van der Waals surface area (Å²) in [4.78, 5) is 14.2. The van der Waals surface area contributed by atoms with Gasteiger partial charge in [0.1, 0.15) is 11.5 Å². The lowest BCUT2D eigenvalue weighted by Crippen LogP contribution is -2.48. The molecule has 1 heterocycles. The van der Waals surface area contributed by atoms with Gasteiger partial charge >= 0.3 is 0 Å². The Balaban J connectivity index is 1.43. The van der Waals surface area contributed by atoms with E-state index in [1.165, 1.54) is 0 Å². The van der Waals surface area contributed by atoms with E-state index >= 15 is 0 Å². The second-order valence-electron chi connectivity index (χ2n) is 6.51. The Morgan fingerprint density at radius 1 is 1.14 bits per heavy atom. The Hall–Kier alpha value is -1.99. The van der Waals surface area contributed by atoms with Crippen LogP contribution in [0.1, 0.15) is 5.56 Å². The molecule has 2 aromatic carbocycles. The SMILES string of the molecule is COc1ccc(OCC(=O)N2CCOC(COCc3c(Cl)cccc3Cl)C2)cc1. The van der Waals surface area contributed by atoms with Gasteiger partial charge in [0, 0.05) is 28.7 Å². The normalized spacial score (nSPS) is 16.5. The van der Waals surface area contributed by atoms with E-state index in [2.05, 4.69) is 0 Å². The molecule has 1 aliphatic rings. The van der Waals surface area contributed by atoms with Crippen molar-refractivity contribution in [2.75, 3.05) is 40.0 Å². The third kappa shape index (κ3) is 6.24. The molecular weight excluding hydrogens is 417 g/mol. The van der Waals surface area contributed by atoms with Crippen molar-refractivity contribution in [2.45, 2.75) is 12.7 Å². The lowest BCUT2D eigenvalue weighted by molar-refractivity contribution is -0.143. The van der Waals surface area contributed by atoms with Crippen molar-refractivity contribution < 1.29 is 23.7 Å². The van der Waals surface area contributed by atoms with Crippen LogP contribution in [0.2, 0.25) is 10.0 Å². The standard InChI is InChI=1S/C21H23Cl2NO5/c1-26-15-5-7-16(8-6-15)29-14-21(25)24-9-10-28-17(11-24)12-27-13-18-19(22)3-2-4-20(18)23/h2-8,17H,9-14H2,1H3. The number of halogens is 2. The van der Waals surface area contributed by atoms with Crippen LogP contribution in [0, 0.1) is 0 Å². The van der Waals surface area contributed by atoms with Crippen molar-refractivity contribution in [1.82, 2.24) is 4.90 Å². The molecule has 29 heavy (non-hydrogen) atoms. The maximum atomic E-state index is 12.5. The number of carbonyl (C=O) groups excluding carboxylic acids is 1. The molecule has 0 aromatic heterocycles. The third-order valence-corrected chi connectivity index (χ3v) is 5.23. The number of morpholine rings is 1. The van der Waals surface area contributed by atoms with Crippen LogP contribution in [-0.4, -0.2) is 56.9 Å². The molecule has 0 aliphatic carbocycles. The van der Waals surface area contributed by atoms with Gasteiger partial charge in [0.15, 0.2) is 6.61 Å². The molecular formula is C21H23Cl2NO5. The van der Waals surface area contributed by atoms with E-state index in [1.807, 2.05) is 0 Å². The molecule has 6 nitrogen and oxygen atoms in total. The highest BCUT2D eigenvalue weighted by Crippen LogP contribution is 2.25. The lowest BCUT2D eigenvalue weighted by atomic mass is 10.2. The highest BCUT2D eigenvalue weighted by atomic mass is 35.5. The first kappa shape index (κ1) is 21.7. The van der Waals surface area contributed by atoms with E-state index < -0.39 is 0 Å². The highest BCUT2D eigenvalue weighted by molar-refractivity contribution is 6.35. The van der Waals surface area contributed by atoms with Crippen LogP contribution in [0.15, 0.2) is 42.5 Å². The van der Waals surface area contributed by atoms with Gasteiger partial charge in [-0.05, 0) is 36.4 Å². The number of rotatable bonds is 8. The van der Waals surface area contributed by atoms with Gasteiger partial charge in [-0.2, -0.15) is 0 Å². The Bertz CT molecular complexity index is 795. The van der Waals surface area contributed by atoms with Crippen molar-refractivity contribution in [3.05, 3.63) is 58.1 Å². The third-order valence-electron chi connectivity index (χ3n) is 4.53. The monoisotopic (exact) mass is 439 g/mol. The molecule has 1 unspecified atom stereocenters. The van der Waals surface area contributed by atoms with E-state index in [9.17, 15) is 4.79 Å². The second kappa shape index (κ2) is 10.7. The number of nitrogens with zero attached hydrogens (tertiary/aromatic N) is 1. The Labute approximate surface area is 180 Å². The summed E-state index contributed by atoms with van der Waals surface area (Å²) in [5.41, 5.74) is 0.743. The number of methoxy groups -OCH3 is 1. The average Bonchev–Trinajstić information content (AvgIpc) is 2.74. The molecule has 1 amide bonds. The quantitative estimate of drug-likeness (QED) is 0.625. The van der Waals surface area contributed by atoms with Crippen LogP contribution in [0.4, 0.5) is 0 Å². The summed E-state index contributed by atoms with van der Waals surface area (Å²) in [6.07, 6.45) is -0.213. The molecule has 8 heteroatoms. The summed E-state index contributed by atoms with van der Waals surface area (Å²) in [5.74, 6) is 1.25. The minimum absolute atomic E-state index is 0.0326. The summed E-state index contributed by atoms with van der Waals surface area (Å²) in [7, 11) is 1.60. The number of hydrogen-bond acceptors (Lipinski definition) is 5. The fraction of sp³-hybridized carbons (Fsp3) is 0.381. The van der Waals surface area contributed by atoms with Gasteiger partial charge in [0.25, 0.3) is 5.91 Å². The molecule has 0 radical (unpaired) electrons. The largest absolute Gasteiger partial charge is 0.497 e. The molecule has 0 saturated carbocycles. The summed E-state index contributed by atoms with van der Waals surface area (Å²) in [6.45, 7) is 2.01. The average molecular weight is 440 g/mol. The smallest absolute Gasteiger partial charge is 0.260 e. The number of amides is 1. The first-order valence-corrected chi connectivity index (χ1v) is 9.99. The van der Waals surface area contributed by atoms with Crippen LogP contribution in [0.5, 0.6) is 11.5 Å². The van der Waals surface area contributed by atoms with Gasteiger partial charge < -0.3 is 23.8 Å². The summed E-state index contributed by atoms with van der Waals surface area (Å²) in [5, 5.41) is 1.13. The minimum atomic E-state index is -0.213. The molecule has 0 N–H and O–H groups in total. The number of carbonyl (C=O) groups is 1. The second-order valence-corrected chi connectivity index (χ2v) is 7.33. The fourth-order valence-electron chi connectivity index (χ4n) is 2.92. The molecule has 1 saturated heterocycles. The summed E-state index contributed by atoms with van der Waals surface area (Å²) >= 11 is 12.3. The Morgan fingerprint density at radius 2 is 1.83 bits per heavy atom. The van der Waals surface area contributed by atoms with Crippen molar-refractivity contribution in [3.8, 4) is 11.5 Å². The molecule has 0 bridgehead atoms. The predicted octanol–water partition coefficient (Wildman–Crippen LogP) is 3.83. The number of ether oxygens (including phenoxy) is 4. The van der Waals surface area contributed by atoms with Gasteiger partial charge in [-0.1, -0.05) is 29.3 Å². The molecule has 1 aliphatic heterocycles. The van der Waals surface area contributed by atoms with Crippen LogP contribution >= 0.6 is 23.2 Å². The molecule has 1 atom stereocenters. The zero-order chi connectivity index (χ0) is 20.6. The topological polar surface area (TPSA) is 57.2 Å². The van der Waals surface area contributed by atoms with Gasteiger partial charge in [0.05, 0.1) is 33.0 Å². The molecule has 2 aromatic rings. The van der Waals surface area contributed by atoms with E-state index in [-0.39, 0.29) is 25.2 Å². The fourth-order valence-corrected chi connectivity index (χ4v) is 3.42. The van der Waals surface area contributed by atoms with Gasteiger partial charge in [-0.15, -0.1) is 0 Å². The van der Waals surface area contributed by atoms with Gasteiger partial charge in [-0.3, -0.25) is 4.79 Å². The van der Waals surface area contributed by atoms with Crippen molar-refractivity contribution >= 4 is 29.1 Å². The molecule has 3 rings (SSSR count). The minimum Gasteiger partial charge on any atom is -0.497 e. The lowest BCUT2D eigenvalue weighted by Gasteiger charge is -2.32. The molecule has 156 valence electrons. The van der Waals surface area contributed by atoms with Crippen LogP contribution in [0.25, 0.3) is 0 Å². The summed E-state index contributed by atoms with van der Waals surface area (Å²) in [6, 6.07) is 12.4. The number of hydrogen-bond donors (Lipinski definition) is 0. The van der Waals surface area contributed by atoms with Crippen LogP contribution in [0.3, 0.4) is 0 Å². The Morgan fingerprint density at radius 3 is 2.52 bits per heavy atom. The molecule has 0 spiro atoms. The first-order valence-electron chi connectivity index (χ1n) is 9.23. The zero-order valence-electron chi connectivity index (χ0n) is 16.1. The van der Waals surface area contributed by atoms with E-state index in [1.54, 1.807) is 54.5 Å². The maximum Gasteiger partial charge on any atom is 0.260 e. The van der Waals surface area contributed by atoms with Crippen molar-refractivity contribution in [1.29, 1.82) is 0 Å². The number of benzene rings is 2. The zero-order valence-corrected chi connectivity index (χ0v) is 17.6. The van der Waals surface area contributed by atoms with E-state index in [0.717, 1.165) is 11.3 Å². The van der Waals surface area contributed by atoms with Crippen LogP contribution in [-0.2, 0) is 20.9 Å².